The molecule has 1 amide bonds. The van der Waals surface area contributed by atoms with Crippen LogP contribution in [0.3, 0.4) is 0 Å². The number of anilines is 1. The first kappa shape index (κ1) is 12.2. The Labute approximate surface area is 105 Å². The molecule has 18 heavy (non-hydrogen) atoms. The molecule has 0 spiro atoms. The van der Waals surface area contributed by atoms with Crippen LogP contribution < -0.4 is 16.6 Å². The summed E-state index contributed by atoms with van der Waals surface area (Å²) in [6.45, 7) is 2.35. The molecule has 0 aliphatic heterocycles. The van der Waals surface area contributed by atoms with E-state index in [9.17, 15) is 4.79 Å². The molecule has 0 bridgehead atoms. The zero-order valence-corrected chi connectivity index (χ0v) is 10.1. The minimum atomic E-state index is -0.173. The molecule has 5 nitrogen and oxygen atoms in total. The summed E-state index contributed by atoms with van der Waals surface area (Å²) < 4.78 is 4.93. The fourth-order valence-corrected chi connectivity index (χ4v) is 1.64. The zero-order chi connectivity index (χ0) is 13.0. The van der Waals surface area contributed by atoms with Crippen LogP contribution in [0, 0.1) is 6.92 Å². The second-order valence-corrected chi connectivity index (χ2v) is 4.01. The number of rotatable bonds is 4. The van der Waals surface area contributed by atoms with Crippen molar-refractivity contribution >= 4 is 11.6 Å². The third-order valence-electron chi connectivity index (χ3n) is 2.61. The number of amides is 1. The summed E-state index contributed by atoms with van der Waals surface area (Å²) in [5.74, 6) is 5.21. The van der Waals surface area contributed by atoms with E-state index in [0.717, 1.165) is 11.1 Å². The van der Waals surface area contributed by atoms with E-state index in [1.54, 1.807) is 30.7 Å². The second kappa shape index (κ2) is 5.37. The van der Waals surface area contributed by atoms with Gasteiger partial charge in [-0.1, -0.05) is 11.6 Å². The van der Waals surface area contributed by atoms with Crippen molar-refractivity contribution in [1.29, 1.82) is 0 Å². The van der Waals surface area contributed by atoms with Crippen LogP contribution in [0.2, 0.25) is 0 Å². The van der Waals surface area contributed by atoms with E-state index >= 15 is 0 Å². The van der Waals surface area contributed by atoms with Crippen LogP contribution in [0.4, 0.5) is 5.69 Å². The molecule has 0 saturated heterocycles. The first-order valence-electron chi connectivity index (χ1n) is 5.57. The number of nitrogen functional groups attached to an aromatic ring is 1. The molecule has 1 aromatic carbocycles. The van der Waals surface area contributed by atoms with Crippen molar-refractivity contribution in [3.8, 4) is 0 Å². The second-order valence-electron chi connectivity index (χ2n) is 4.01. The van der Waals surface area contributed by atoms with Crippen molar-refractivity contribution in [2.45, 2.75) is 13.5 Å². The fraction of sp³-hybridized carbons (Fsp3) is 0.154. The van der Waals surface area contributed by atoms with Gasteiger partial charge in [-0.2, -0.15) is 0 Å². The molecule has 2 rings (SSSR count). The minimum absolute atomic E-state index is 0.173. The van der Waals surface area contributed by atoms with Crippen molar-refractivity contribution in [2.75, 3.05) is 5.43 Å². The monoisotopic (exact) mass is 245 g/mol. The minimum Gasteiger partial charge on any atom is -0.472 e. The van der Waals surface area contributed by atoms with Gasteiger partial charge in [0, 0.05) is 12.1 Å². The first-order chi connectivity index (χ1) is 8.70. The molecule has 0 fully saturated rings. The van der Waals surface area contributed by atoms with Gasteiger partial charge in [0.1, 0.15) is 0 Å². The Kier molecular flexibility index (Phi) is 3.64. The van der Waals surface area contributed by atoms with Gasteiger partial charge in [-0.25, -0.2) is 0 Å². The third-order valence-corrected chi connectivity index (χ3v) is 2.61. The Balaban J connectivity index is 2.10. The number of hydrazine groups is 1. The highest BCUT2D eigenvalue weighted by molar-refractivity contribution is 5.99. The van der Waals surface area contributed by atoms with E-state index in [1.165, 1.54) is 0 Å². The zero-order valence-electron chi connectivity index (χ0n) is 10.1. The quantitative estimate of drug-likeness (QED) is 0.567. The molecule has 2 aromatic rings. The van der Waals surface area contributed by atoms with Crippen LogP contribution in [0.15, 0.2) is 41.2 Å². The van der Waals surface area contributed by atoms with E-state index in [4.69, 9.17) is 10.3 Å². The first-order valence-corrected chi connectivity index (χ1v) is 5.57. The fourth-order valence-electron chi connectivity index (χ4n) is 1.64. The highest BCUT2D eigenvalue weighted by Crippen LogP contribution is 2.16. The van der Waals surface area contributed by atoms with E-state index in [2.05, 4.69) is 10.7 Å². The predicted octanol–water partition coefficient (Wildman–Crippen LogP) is 1.80. The van der Waals surface area contributed by atoms with Gasteiger partial charge in [0.15, 0.2) is 0 Å². The smallest absolute Gasteiger partial charge is 0.253 e. The Bertz CT molecular complexity index is 535. The normalized spacial score (nSPS) is 10.1. The lowest BCUT2D eigenvalue weighted by Gasteiger charge is -2.10. The van der Waals surface area contributed by atoms with E-state index in [-0.39, 0.29) is 5.91 Å². The SMILES string of the molecule is Cc1ccc(NN)c(C(=O)NCc2ccoc2)c1. The van der Waals surface area contributed by atoms with E-state index in [1.807, 2.05) is 13.0 Å². The molecule has 5 heteroatoms. The Morgan fingerprint density at radius 3 is 2.89 bits per heavy atom. The average Bonchev–Trinajstić information content (AvgIpc) is 2.89. The van der Waals surface area contributed by atoms with Gasteiger partial charge in [0.25, 0.3) is 5.91 Å². The summed E-state index contributed by atoms with van der Waals surface area (Å²) in [5, 5.41) is 2.81. The van der Waals surface area contributed by atoms with Crippen molar-refractivity contribution in [1.82, 2.24) is 5.32 Å². The molecule has 0 saturated carbocycles. The summed E-state index contributed by atoms with van der Waals surface area (Å²) in [4.78, 5) is 12.0. The topological polar surface area (TPSA) is 80.3 Å². The number of nitrogens with one attached hydrogen (secondary N) is 2. The van der Waals surface area contributed by atoms with Crippen molar-refractivity contribution in [3.05, 3.63) is 53.5 Å². The van der Waals surface area contributed by atoms with Gasteiger partial charge in [-0.05, 0) is 25.1 Å². The van der Waals surface area contributed by atoms with Crippen molar-refractivity contribution in [3.63, 3.8) is 0 Å². The number of furan rings is 1. The van der Waals surface area contributed by atoms with Crippen LogP contribution in [0.1, 0.15) is 21.5 Å². The van der Waals surface area contributed by atoms with Gasteiger partial charge in [-0.3, -0.25) is 10.6 Å². The lowest BCUT2D eigenvalue weighted by atomic mass is 10.1. The highest BCUT2D eigenvalue weighted by Gasteiger charge is 2.10. The molecule has 0 unspecified atom stereocenters. The van der Waals surface area contributed by atoms with Crippen LogP contribution >= 0.6 is 0 Å². The number of hydrogen-bond acceptors (Lipinski definition) is 4. The molecule has 0 aliphatic rings. The molecule has 94 valence electrons. The third kappa shape index (κ3) is 2.70. The summed E-state index contributed by atoms with van der Waals surface area (Å²) in [7, 11) is 0. The lowest BCUT2D eigenvalue weighted by molar-refractivity contribution is 0.0951. The Morgan fingerprint density at radius 1 is 1.39 bits per heavy atom. The number of carbonyl (C=O) groups is 1. The van der Waals surface area contributed by atoms with Crippen molar-refractivity contribution in [2.24, 2.45) is 5.84 Å². The summed E-state index contributed by atoms with van der Waals surface area (Å²) in [5.41, 5.74) is 5.57. The number of aryl methyl sites for hydroxylation is 1. The number of hydrogen-bond donors (Lipinski definition) is 3. The summed E-state index contributed by atoms with van der Waals surface area (Å²) in [6, 6.07) is 7.27. The van der Waals surface area contributed by atoms with E-state index < -0.39 is 0 Å². The molecule has 1 aromatic heterocycles. The molecular weight excluding hydrogens is 230 g/mol. The number of benzene rings is 1. The summed E-state index contributed by atoms with van der Waals surface area (Å²) in [6.07, 6.45) is 3.17. The summed E-state index contributed by atoms with van der Waals surface area (Å²) >= 11 is 0. The van der Waals surface area contributed by atoms with Crippen LogP contribution in [-0.4, -0.2) is 5.91 Å². The molecule has 4 N–H and O–H groups in total. The molecule has 0 radical (unpaired) electrons. The van der Waals surface area contributed by atoms with Gasteiger partial charge in [-0.15, -0.1) is 0 Å². The molecule has 1 heterocycles. The molecular formula is C13H15N3O2. The maximum atomic E-state index is 12.0. The standard InChI is InChI=1S/C13H15N3O2/c1-9-2-3-12(16-14)11(6-9)13(17)15-7-10-4-5-18-8-10/h2-6,8,16H,7,14H2,1H3,(H,15,17). The van der Waals surface area contributed by atoms with Gasteiger partial charge in [0.2, 0.25) is 0 Å². The molecule has 0 aliphatic carbocycles. The lowest BCUT2D eigenvalue weighted by Crippen LogP contribution is -2.24. The predicted molar refractivity (Wildman–Crippen MR) is 68.9 cm³/mol. The molecule has 0 atom stereocenters. The number of nitrogens with two attached hydrogens (primary N) is 1. The van der Waals surface area contributed by atoms with Crippen LogP contribution in [-0.2, 0) is 6.54 Å². The van der Waals surface area contributed by atoms with Crippen LogP contribution in [0.25, 0.3) is 0 Å². The maximum absolute atomic E-state index is 12.0. The Morgan fingerprint density at radius 2 is 2.22 bits per heavy atom. The van der Waals surface area contributed by atoms with Gasteiger partial charge < -0.3 is 15.2 Å². The van der Waals surface area contributed by atoms with Crippen LogP contribution in [0.5, 0.6) is 0 Å². The van der Waals surface area contributed by atoms with Gasteiger partial charge in [0.05, 0.1) is 23.8 Å². The Hall–Kier alpha value is -2.27. The van der Waals surface area contributed by atoms with Gasteiger partial charge >= 0.3 is 0 Å². The average molecular weight is 245 g/mol. The largest absolute Gasteiger partial charge is 0.472 e. The maximum Gasteiger partial charge on any atom is 0.253 e. The highest BCUT2D eigenvalue weighted by atomic mass is 16.3. The van der Waals surface area contributed by atoms with Crippen molar-refractivity contribution < 1.29 is 9.21 Å². The van der Waals surface area contributed by atoms with E-state index in [0.29, 0.717) is 17.8 Å². The number of carbonyl (C=O) groups excluding carboxylic acids is 1.